The van der Waals surface area contributed by atoms with Crippen LogP contribution in [0.4, 0.5) is 0 Å². The Kier molecular flexibility index (Phi) is 4.95. The van der Waals surface area contributed by atoms with Gasteiger partial charge in [0.1, 0.15) is 12.4 Å². The maximum absolute atomic E-state index is 11.0. The molecular formula is C16H13ClO4. The molecule has 5 heteroatoms. The van der Waals surface area contributed by atoms with Crippen LogP contribution in [0.3, 0.4) is 0 Å². The quantitative estimate of drug-likeness (QED) is 0.831. The molecule has 0 aromatic heterocycles. The van der Waals surface area contributed by atoms with Gasteiger partial charge in [0, 0.05) is 0 Å². The Morgan fingerprint density at radius 1 is 1.14 bits per heavy atom. The Balaban J connectivity index is 2.21. The van der Waals surface area contributed by atoms with Crippen molar-refractivity contribution >= 4 is 23.9 Å². The predicted molar refractivity (Wildman–Crippen MR) is 79.0 cm³/mol. The summed E-state index contributed by atoms with van der Waals surface area (Å²) in [5, 5.41) is 9.24. The molecular weight excluding hydrogens is 292 g/mol. The van der Waals surface area contributed by atoms with Gasteiger partial charge in [-0.3, -0.25) is 9.59 Å². The largest absolute Gasteiger partial charge is 0.487 e. The predicted octanol–water partition coefficient (Wildman–Crippen LogP) is 3.36. The van der Waals surface area contributed by atoms with Gasteiger partial charge in [0.2, 0.25) is 0 Å². The minimum absolute atomic E-state index is 0.0808. The van der Waals surface area contributed by atoms with E-state index in [2.05, 4.69) is 0 Å². The van der Waals surface area contributed by atoms with Gasteiger partial charge in [-0.25, -0.2) is 0 Å². The van der Waals surface area contributed by atoms with Crippen LogP contribution < -0.4 is 4.74 Å². The molecule has 1 N–H and O–H groups in total. The number of benzene rings is 2. The SMILES string of the molecule is O=Cc1cccc(Cl)c1OCc1ccccc1CC(=O)O. The lowest BCUT2D eigenvalue weighted by atomic mass is 10.1. The molecule has 108 valence electrons. The Bertz CT molecular complexity index is 667. The first-order chi connectivity index (χ1) is 10.1. The number of halogens is 1. The Morgan fingerprint density at radius 3 is 2.52 bits per heavy atom. The first-order valence-electron chi connectivity index (χ1n) is 6.27. The molecule has 0 heterocycles. The van der Waals surface area contributed by atoms with E-state index in [1.165, 1.54) is 0 Å². The summed E-state index contributed by atoms with van der Waals surface area (Å²) in [5.41, 5.74) is 1.78. The van der Waals surface area contributed by atoms with Crippen molar-refractivity contribution in [2.75, 3.05) is 0 Å². The van der Waals surface area contributed by atoms with Crippen molar-refractivity contribution in [1.82, 2.24) is 0 Å². The summed E-state index contributed by atoms with van der Waals surface area (Å²) in [5.74, 6) is -0.604. The zero-order chi connectivity index (χ0) is 15.2. The highest BCUT2D eigenvalue weighted by Gasteiger charge is 2.11. The highest BCUT2D eigenvalue weighted by molar-refractivity contribution is 6.32. The number of ether oxygens (including phenoxy) is 1. The molecule has 2 aromatic rings. The lowest BCUT2D eigenvalue weighted by molar-refractivity contribution is -0.136. The van der Waals surface area contributed by atoms with Gasteiger partial charge < -0.3 is 9.84 Å². The third kappa shape index (κ3) is 3.83. The van der Waals surface area contributed by atoms with Crippen molar-refractivity contribution in [2.45, 2.75) is 13.0 Å². The van der Waals surface area contributed by atoms with Crippen LogP contribution in [0.2, 0.25) is 5.02 Å². The molecule has 0 saturated carbocycles. The van der Waals surface area contributed by atoms with Crippen LogP contribution in [-0.4, -0.2) is 17.4 Å². The third-order valence-electron chi connectivity index (χ3n) is 2.96. The fourth-order valence-electron chi connectivity index (χ4n) is 1.95. The molecule has 0 aliphatic rings. The van der Waals surface area contributed by atoms with E-state index in [4.69, 9.17) is 21.4 Å². The lowest BCUT2D eigenvalue weighted by Gasteiger charge is -2.12. The second kappa shape index (κ2) is 6.90. The molecule has 0 fully saturated rings. The maximum Gasteiger partial charge on any atom is 0.307 e. The van der Waals surface area contributed by atoms with E-state index in [0.29, 0.717) is 28.2 Å². The minimum Gasteiger partial charge on any atom is -0.487 e. The normalized spacial score (nSPS) is 10.1. The van der Waals surface area contributed by atoms with Gasteiger partial charge in [-0.1, -0.05) is 41.9 Å². The number of aldehydes is 1. The van der Waals surface area contributed by atoms with E-state index in [-0.39, 0.29) is 13.0 Å². The Morgan fingerprint density at radius 2 is 1.86 bits per heavy atom. The van der Waals surface area contributed by atoms with Crippen molar-refractivity contribution in [1.29, 1.82) is 0 Å². The van der Waals surface area contributed by atoms with Crippen molar-refractivity contribution in [2.24, 2.45) is 0 Å². The van der Waals surface area contributed by atoms with Gasteiger partial charge in [-0.2, -0.15) is 0 Å². The minimum atomic E-state index is -0.909. The second-order valence-corrected chi connectivity index (χ2v) is 4.81. The number of carboxylic acid groups (broad SMARTS) is 1. The average Bonchev–Trinajstić information content (AvgIpc) is 2.46. The average molecular weight is 305 g/mol. The number of para-hydroxylation sites is 1. The van der Waals surface area contributed by atoms with Gasteiger partial charge >= 0.3 is 5.97 Å². The Hall–Kier alpha value is -2.33. The number of aliphatic carboxylic acids is 1. The molecule has 2 aromatic carbocycles. The third-order valence-corrected chi connectivity index (χ3v) is 3.25. The number of hydrogen-bond donors (Lipinski definition) is 1. The van der Waals surface area contributed by atoms with Crippen molar-refractivity contribution in [3.8, 4) is 5.75 Å². The van der Waals surface area contributed by atoms with Gasteiger partial charge in [-0.05, 0) is 23.3 Å². The second-order valence-electron chi connectivity index (χ2n) is 4.40. The van der Waals surface area contributed by atoms with E-state index in [0.717, 1.165) is 5.56 Å². The zero-order valence-corrected chi connectivity index (χ0v) is 11.8. The van der Waals surface area contributed by atoms with E-state index < -0.39 is 5.97 Å². The van der Waals surface area contributed by atoms with Gasteiger partial charge in [0.05, 0.1) is 17.0 Å². The summed E-state index contributed by atoms with van der Waals surface area (Å²) in [6.45, 7) is 0.147. The number of rotatable bonds is 6. The van der Waals surface area contributed by atoms with Crippen LogP contribution in [0.25, 0.3) is 0 Å². The number of carboxylic acids is 1. The molecule has 21 heavy (non-hydrogen) atoms. The van der Waals surface area contributed by atoms with Gasteiger partial charge in [0.15, 0.2) is 6.29 Å². The maximum atomic E-state index is 11.0. The summed E-state index contributed by atoms with van der Waals surface area (Å²) in [6.07, 6.45) is 0.590. The molecule has 2 rings (SSSR count). The lowest BCUT2D eigenvalue weighted by Crippen LogP contribution is -2.06. The monoisotopic (exact) mass is 304 g/mol. The topological polar surface area (TPSA) is 63.6 Å². The van der Waals surface area contributed by atoms with E-state index in [1.54, 1.807) is 42.5 Å². The highest BCUT2D eigenvalue weighted by atomic mass is 35.5. The first kappa shape index (κ1) is 15.1. The molecule has 0 aliphatic heterocycles. The number of hydrogen-bond acceptors (Lipinski definition) is 3. The number of carbonyl (C=O) groups is 2. The fraction of sp³-hybridized carbons (Fsp3) is 0.125. The van der Waals surface area contributed by atoms with Crippen LogP contribution in [0.15, 0.2) is 42.5 Å². The standard InChI is InChI=1S/C16H13ClO4/c17-14-7-3-6-12(9-18)16(14)21-10-13-5-2-1-4-11(13)8-15(19)20/h1-7,9H,8,10H2,(H,19,20). The number of carbonyl (C=O) groups excluding carboxylic acids is 1. The van der Waals surface area contributed by atoms with E-state index >= 15 is 0 Å². The van der Waals surface area contributed by atoms with Crippen LogP contribution >= 0.6 is 11.6 Å². The molecule has 0 radical (unpaired) electrons. The summed E-state index contributed by atoms with van der Waals surface area (Å²) in [4.78, 5) is 21.8. The summed E-state index contributed by atoms with van der Waals surface area (Å²) in [7, 11) is 0. The van der Waals surface area contributed by atoms with Crippen molar-refractivity contribution in [3.63, 3.8) is 0 Å². The first-order valence-corrected chi connectivity index (χ1v) is 6.64. The summed E-state index contributed by atoms with van der Waals surface area (Å²) in [6, 6.07) is 12.0. The van der Waals surface area contributed by atoms with Gasteiger partial charge in [0.25, 0.3) is 0 Å². The van der Waals surface area contributed by atoms with Crippen molar-refractivity contribution in [3.05, 3.63) is 64.2 Å². The summed E-state index contributed by atoms with van der Waals surface area (Å²) < 4.78 is 5.61. The molecule has 0 bridgehead atoms. The summed E-state index contributed by atoms with van der Waals surface area (Å²) >= 11 is 6.02. The molecule has 0 unspecified atom stereocenters. The Labute approximate surface area is 126 Å². The molecule has 0 saturated heterocycles. The van der Waals surface area contributed by atoms with Gasteiger partial charge in [-0.15, -0.1) is 0 Å². The van der Waals surface area contributed by atoms with Crippen LogP contribution in [0, 0.1) is 0 Å². The van der Waals surface area contributed by atoms with E-state index in [9.17, 15) is 9.59 Å². The molecule has 0 atom stereocenters. The molecule has 0 aliphatic carbocycles. The van der Waals surface area contributed by atoms with Crippen LogP contribution in [0.1, 0.15) is 21.5 Å². The zero-order valence-electron chi connectivity index (χ0n) is 11.1. The fourth-order valence-corrected chi connectivity index (χ4v) is 2.19. The molecule has 0 spiro atoms. The van der Waals surface area contributed by atoms with E-state index in [1.807, 2.05) is 0 Å². The van der Waals surface area contributed by atoms with Crippen LogP contribution in [0.5, 0.6) is 5.75 Å². The highest BCUT2D eigenvalue weighted by Crippen LogP contribution is 2.28. The van der Waals surface area contributed by atoms with Crippen LogP contribution in [-0.2, 0) is 17.8 Å². The van der Waals surface area contributed by atoms with Crippen molar-refractivity contribution < 1.29 is 19.4 Å². The molecule has 0 amide bonds. The smallest absolute Gasteiger partial charge is 0.307 e. The molecule has 4 nitrogen and oxygen atoms in total.